The van der Waals surface area contributed by atoms with Gasteiger partial charge in [0.15, 0.2) is 0 Å². The van der Waals surface area contributed by atoms with Crippen LogP contribution in [0.1, 0.15) is 25.1 Å². The molecule has 0 unspecified atom stereocenters. The van der Waals surface area contributed by atoms with Gasteiger partial charge >= 0.3 is 0 Å². The standard InChI is InChI=1S/C11H14N2O/c1-9(2)7-14-8-10-3-4-13-11(5-10)6-12/h3-5,9H,7-8H2,1-2H3. The van der Waals surface area contributed by atoms with Crippen molar-refractivity contribution in [3.63, 3.8) is 0 Å². The molecular formula is C11H14N2O. The van der Waals surface area contributed by atoms with Crippen LogP contribution in [0.3, 0.4) is 0 Å². The van der Waals surface area contributed by atoms with Crippen LogP contribution in [0.2, 0.25) is 0 Å². The molecule has 0 N–H and O–H groups in total. The molecule has 0 amide bonds. The summed E-state index contributed by atoms with van der Waals surface area (Å²) in [5.74, 6) is 0.535. The summed E-state index contributed by atoms with van der Waals surface area (Å²) in [5.41, 5.74) is 1.44. The summed E-state index contributed by atoms with van der Waals surface area (Å²) in [7, 11) is 0. The predicted molar refractivity (Wildman–Crippen MR) is 53.4 cm³/mol. The first-order valence-corrected chi connectivity index (χ1v) is 4.65. The second kappa shape index (κ2) is 5.36. The van der Waals surface area contributed by atoms with Crippen molar-refractivity contribution in [2.75, 3.05) is 6.61 Å². The smallest absolute Gasteiger partial charge is 0.140 e. The second-order valence-electron chi connectivity index (χ2n) is 3.57. The van der Waals surface area contributed by atoms with Gasteiger partial charge in [-0.05, 0) is 23.6 Å². The first-order chi connectivity index (χ1) is 6.72. The molecule has 74 valence electrons. The van der Waals surface area contributed by atoms with Gasteiger partial charge in [-0.3, -0.25) is 0 Å². The molecule has 0 aliphatic heterocycles. The molecule has 0 saturated carbocycles. The lowest BCUT2D eigenvalue weighted by Crippen LogP contribution is -2.02. The third kappa shape index (κ3) is 3.55. The topological polar surface area (TPSA) is 45.9 Å². The predicted octanol–water partition coefficient (Wildman–Crippen LogP) is 2.13. The van der Waals surface area contributed by atoms with Crippen LogP contribution >= 0.6 is 0 Å². The molecule has 3 nitrogen and oxygen atoms in total. The molecule has 1 aromatic heterocycles. The molecule has 0 aliphatic carbocycles. The molecule has 0 fully saturated rings. The first kappa shape index (κ1) is 10.7. The van der Waals surface area contributed by atoms with E-state index >= 15 is 0 Å². The van der Waals surface area contributed by atoms with Crippen LogP contribution < -0.4 is 0 Å². The van der Waals surface area contributed by atoms with Crippen LogP contribution in [0.5, 0.6) is 0 Å². The summed E-state index contributed by atoms with van der Waals surface area (Å²) >= 11 is 0. The molecule has 0 aromatic carbocycles. The van der Waals surface area contributed by atoms with Crippen LogP contribution in [0.4, 0.5) is 0 Å². The van der Waals surface area contributed by atoms with Gasteiger partial charge in [-0.25, -0.2) is 4.98 Å². The molecule has 0 radical (unpaired) electrons. The van der Waals surface area contributed by atoms with Crippen molar-refractivity contribution in [2.45, 2.75) is 20.5 Å². The molecular weight excluding hydrogens is 176 g/mol. The largest absolute Gasteiger partial charge is 0.377 e. The van der Waals surface area contributed by atoms with Crippen LogP contribution in [0, 0.1) is 17.2 Å². The minimum atomic E-state index is 0.440. The Bertz CT molecular complexity index is 328. The number of pyridine rings is 1. The van der Waals surface area contributed by atoms with E-state index in [-0.39, 0.29) is 0 Å². The van der Waals surface area contributed by atoms with Crippen LogP contribution in [0.25, 0.3) is 0 Å². The number of rotatable bonds is 4. The van der Waals surface area contributed by atoms with E-state index < -0.39 is 0 Å². The highest BCUT2D eigenvalue weighted by Gasteiger charge is 1.98. The van der Waals surface area contributed by atoms with Gasteiger partial charge in [-0.2, -0.15) is 5.26 Å². The minimum Gasteiger partial charge on any atom is -0.377 e. The molecule has 0 aliphatic rings. The minimum absolute atomic E-state index is 0.440. The van der Waals surface area contributed by atoms with Gasteiger partial charge in [0.1, 0.15) is 11.8 Å². The molecule has 0 spiro atoms. The van der Waals surface area contributed by atoms with Gasteiger partial charge < -0.3 is 4.74 Å². The number of hydrogen-bond donors (Lipinski definition) is 0. The first-order valence-electron chi connectivity index (χ1n) is 4.65. The fraction of sp³-hybridized carbons (Fsp3) is 0.455. The van der Waals surface area contributed by atoms with E-state index in [2.05, 4.69) is 18.8 Å². The average molecular weight is 190 g/mol. The summed E-state index contributed by atoms with van der Waals surface area (Å²) in [4.78, 5) is 3.88. The highest BCUT2D eigenvalue weighted by atomic mass is 16.5. The maximum absolute atomic E-state index is 8.62. The van der Waals surface area contributed by atoms with E-state index in [4.69, 9.17) is 10.00 Å². The summed E-state index contributed by atoms with van der Waals surface area (Å²) < 4.78 is 5.44. The Labute approximate surface area is 84.3 Å². The van der Waals surface area contributed by atoms with Gasteiger partial charge in [0, 0.05) is 12.8 Å². The Morgan fingerprint density at radius 2 is 2.36 bits per heavy atom. The van der Waals surface area contributed by atoms with Crippen LogP contribution in [-0.2, 0) is 11.3 Å². The summed E-state index contributed by atoms with van der Waals surface area (Å²) in [5, 5.41) is 8.62. The zero-order valence-corrected chi connectivity index (χ0v) is 8.53. The Morgan fingerprint density at radius 1 is 1.57 bits per heavy atom. The Balaban J connectivity index is 2.47. The average Bonchev–Trinajstić information content (AvgIpc) is 2.18. The maximum Gasteiger partial charge on any atom is 0.140 e. The van der Waals surface area contributed by atoms with Crippen molar-refractivity contribution in [3.8, 4) is 6.07 Å². The van der Waals surface area contributed by atoms with Gasteiger partial charge in [0.05, 0.1) is 6.61 Å². The third-order valence-corrected chi connectivity index (χ3v) is 1.66. The van der Waals surface area contributed by atoms with Crippen molar-refractivity contribution >= 4 is 0 Å². The number of ether oxygens (including phenoxy) is 1. The normalized spacial score (nSPS) is 10.1. The number of nitriles is 1. The van der Waals surface area contributed by atoms with Crippen molar-refractivity contribution in [1.29, 1.82) is 5.26 Å². The van der Waals surface area contributed by atoms with Crippen molar-refractivity contribution in [2.24, 2.45) is 5.92 Å². The molecule has 3 heteroatoms. The van der Waals surface area contributed by atoms with Crippen molar-refractivity contribution in [1.82, 2.24) is 4.98 Å². The quantitative estimate of drug-likeness (QED) is 0.730. The van der Waals surface area contributed by atoms with Crippen molar-refractivity contribution in [3.05, 3.63) is 29.6 Å². The van der Waals surface area contributed by atoms with Gasteiger partial charge in [0.2, 0.25) is 0 Å². The fourth-order valence-corrected chi connectivity index (χ4v) is 1.04. The van der Waals surface area contributed by atoms with E-state index in [0.29, 0.717) is 18.2 Å². The Morgan fingerprint density at radius 3 is 3.00 bits per heavy atom. The van der Waals surface area contributed by atoms with E-state index in [9.17, 15) is 0 Å². The van der Waals surface area contributed by atoms with E-state index in [1.54, 1.807) is 12.3 Å². The number of hydrogen-bond acceptors (Lipinski definition) is 3. The number of aromatic nitrogens is 1. The van der Waals surface area contributed by atoms with Crippen molar-refractivity contribution < 1.29 is 4.74 Å². The molecule has 0 saturated heterocycles. The van der Waals surface area contributed by atoms with Crippen LogP contribution in [-0.4, -0.2) is 11.6 Å². The van der Waals surface area contributed by atoms with E-state index in [1.807, 2.05) is 12.1 Å². The number of nitrogens with zero attached hydrogens (tertiary/aromatic N) is 2. The highest BCUT2D eigenvalue weighted by molar-refractivity contribution is 5.24. The van der Waals surface area contributed by atoms with Gasteiger partial charge in [0.25, 0.3) is 0 Å². The Hall–Kier alpha value is -1.40. The van der Waals surface area contributed by atoms with Gasteiger partial charge in [-0.15, -0.1) is 0 Å². The zero-order chi connectivity index (χ0) is 10.4. The lowest BCUT2D eigenvalue weighted by molar-refractivity contribution is 0.0970. The van der Waals surface area contributed by atoms with E-state index in [1.165, 1.54) is 0 Å². The summed E-state index contributed by atoms with van der Waals surface area (Å²) in [6, 6.07) is 5.61. The molecule has 1 rings (SSSR count). The lowest BCUT2D eigenvalue weighted by Gasteiger charge is -2.06. The zero-order valence-electron chi connectivity index (χ0n) is 8.53. The highest BCUT2D eigenvalue weighted by Crippen LogP contribution is 2.04. The molecule has 0 bridgehead atoms. The SMILES string of the molecule is CC(C)COCc1ccnc(C#N)c1. The lowest BCUT2D eigenvalue weighted by atomic mass is 10.2. The van der Waals surface area contributed by atoms with E-state index in [0.717, 1.165) is 12.2 Å². The summed E-state index contributed by atoms with van der Waals surface area (Å²) in [6.45, 7) is 5.50. The molecule has 14 heavy (non-hydrogen) atoms. The molecule has 1 heterocycles. The second-order valence-corrected chi connectivity index (χ2v) is 3.57. The Kier molecular flexibility index (Phi) is 4.09. The van der Waals surface area contributed by atoms with Gasteiger partial charge in [-0.1, -0.05) is 13.8 Å². The van der Waals surface area contributed by atoms with Crippen LogP contribution in [0.15, 0.2) is 18.3 Å². The third-order valence-electron chi connectivity index (χ3n) is 1.66. The fourth-order valence-electron chi connectivity index (χ4n) is 1.04. The molecule has 1 aromatic rings. The monoisotopic (exact) mass is 190 g/mol. The summed E-state index contributed by atoms with van der Waals surface area (Å²) in [6.07, 6.45) is 1.63. The molecule has 0 atom stereocenters. The maximum atomic E-state index is 8.62.